The lowest BCUT2D eigenvalue weighted by Crippen LogP contribution is -1.55. The molecule has 0 fully saturated rings. The first-order valence-corrected chi connectivity index (χ1v) is 8.05. The van der Waals surface area contributed by atoms with E-state index in [2.05, 4.69) is 9.97 Å². The molecule has 0 spiro atoms. The number of H-pyrrole nitrogens is 2. The molecule has 8 heteroatoms. The van der Waals surface area contributed by atoms with Gasteiger partial charge in [-0.05, 0) is 46.0 Å². The molecule has 2 N–H and O–H groups in total. The molecule has 0 aliphatic rings. The topological polar surface area (TPSA) is 31.6 Å². The van der Waals surface area contributed by atoms with Gasteiger partial charge in [0.1, 0.15) is 0 Å². The van der Waals surface area contributed by atoms with Crippen molar-refractivity contribution in [3.8, 4) is 0 Å². The van der Waals surface area contributed by atoms with Crippen LogP contribution in [-0.4, -0.2) is 9.97 Å². The Balaban J connectivity index is 2.01. The SMILES string of the molecule is S=c1[nH]cc(SSc2c[nH]c(=S)s2)s1. The van der Waals surface area contributed by atoms with E-state index >= 15 is 0 Å². The normalized spacial score (nSPS) is 10.6. The Morgan fingerprint density at radius 2 is 1.36 bits per heavy atom. The third kappa shape index (κ3) is 2.94. The number of nitrogens with one attached hydrogen (secondary N) is 2. The number of hydrogen-bond donors (Lipinski definition) is 2. The molecule has 0 atom stereocenters. The van der Waals surface area contributed by atoms with Gasteiger partial charge < -0.3 is 9.97 Å². The maximum Gasteiger partial charge on any atom is 0.159 e. The van der Waals surface area contributed by atoms with Gasteiger partial charge in [-0.3, -0.25) is 0 Å². The van der Waals surface area contributed by atoms with E-state index in [1.807, 2.05) is 12.4 Å². The van der Waals surface area contributed by atoms with Crippen molar-refractivity contribution >= 4 is 68.7 Å². The van der Waals surface area contributed by atoms with Gasteiger partial charge in [0.25, 0.3) is 0 Å². The molecule has 0 aliphatic carbocycles. The van der Waals surface area contributed by atoms with Gasteiger partial charge in [-0.15, -0.1) is 0 Å². The summed E-state index contributed by atoms with van der Waals surface area (Å²) in [7, 11) is 3.38. The molecule has 0 unspecified atom stereocenters. The van der Waals surface area contributed by atoms with Crippen LogP contribution < -0.4 is 0 Å². The van der Waals surface area contributed by atoms with Crippen LogP contribution in [0.2, 0.25) is 0 Å². The first-order chi connectivity index (χ1) is 6.74. The van der Waals surface area contributed by atoms with E-state index in [1.54, 1.807) is 44.3 Å². The standard InChI is InChI=1S/C6H4N2S6/c9-5-7-1-3(11-5)13-14-4-2-8-6(10)12-4/h1-2H,(H,7,9)(H,8,10). The Hall–Kier alpha value is 0.400. The van der Waals surface area contributed by atoms with Crippen LogP contribution in [0, 0.1) is 7.91 Å². The second kappa shape index (κ2) is 4.95. The van der Waals surface area contributed by atoms with Crippen molar-refractivity contribution < 1.29 is 0 Å². The summed E-state index contributed by atoms with van der Waals surface area (Å²) in [4.78, 5) is 5.97. The summed E-state index contributed by atoms with van der Waals surface area (Å²) in [5, 5.41) is 0. The zero-order chi connectivity index (χ0) is 9.97. The molecule has 0 aromatic carbocycles. The van der Waals surface area contributed by atoms with Gasteiger partial charge >= 0.3 is 0 Å². The predicted octanol–water partition coefficient (Wildman–Crippen LogP) is 4.72. The van der Waals surface area contributed by atoms with Crippen LogP contribution in [0.15, 0.2) is 20.8 Å². The van der Waals surface area contributed by atoms with Gasteiger partial charge in [0.15, 0.2) is 7.91 Å². The van der Waals surface area contributed by atoms with Crippen molar-refractivity contribution in [1.29, 1.82) is 0 Å². The molecule has 2 heterocycles. The van der Waals surface area contributed by atoms with Crippen molar-refractivity contribution in [3.63, 3.8) is 0 Å². The van der Waals surface area contributed by atoms with E-state index in [4.69, 9.17) is 24.4 Å². The summed E-state index contributed by atoms with van der Waals surface area (Å²) in [6.07, 6.45) is 3.85. The summed E-state index contributed by atoms with van der Waals surface area (Å²) >= 11 is 13.1. The summed E-state index contributed by atoms with van der Waals surface area (Å²) in [5.74, 6) is 0. The van der Waals surface area contributed by atoms with E-state index in [0.29, 0.717) is 0 Å². The fraction of sp³-hybridized carbons (Fsp3) is 0. The second-order valence-electron chi connectivity index (χ2n) is 2.16. The smallest absolute Gasteiger partial charge is 0.159 e. The van der Waals surface area contributed by atoms with Crippen LogP contribution >= 0.6 is 68.7 Å². The monoisotopic (exact) mass is 296 g/mol. The zero-order valence-corrected chi connectivity index (χ0v) is 11.5. The van der Waals surface area contributed by atoms with Gasteiger partial charge in [0.2, 0.25) is 0 Å². The van der Waals surface area contributed by atoms with Crippen molar-refractivity contribution in [2.24, 2.45) is 0 Å². The Morgan fingerprint density at radius 1 is 0.929 bits per heavy atom. The van der Waals surface area contributed by atoms with Crippen molar-refractivity contribution in [3.05, 3.63) is 20.3 Å². The Morgan fingerprint density at radius 3 is 1.64 bits per heavy atom. The minimum Gasteiger partial charge on any atom is -0.343 e. The lowest BCUT2D eigenvalue weighted by molar-refractivity contribution is 1.36. The number of aromatic amines is 2. The molecule has 2 nitrogen and oxygen atoms in total. The first-order valence-electron chi connectivity index (χ1n) is 3.45. The predicted molar refractivity (Wildman–Crippen MR) is 70.7 cm³/mol. The quantitative estimate of drug-likeness (QED) is 0.634. The van der Waals surface area contributed by atoms with Gasteiger partial charge in [-0.2, -0.15) is 0 Å². The van der Waals surface area contributed by atoms with Gasteiger partial charge in [0.05, 0.1) is 8.42 Å². The molecule has 0 saturated carbocycles. The van der Waals surface area contributed by atoms with E-state index in [1.165, 1.54) is 8.42 Å². The molecular weight excluding hydrogens is 292 g/mol. The third-order valence-electron chi connectivity index (χ3n) is 1.21. The van der Waals surface area contributed by atoms with Gasteiger partial charge in [0, 0.05) is 12.4 Å². The molecule has 14 heavy (non-hydrogen) atoms. The fourth-order valence-corrected chi connectivity index (χ4v) is 5.67. The minimum atomic E-state index is 0.815. The molecule has 0 bridgehead atoms. The number of thiazole rings is 2. The van der Waals surface area contributed by atoms with Crippen molar-refractivity contribution in [2.45, 2.75) is 8.42 Å². The largest absolute Gasteiger partial charge is 0.343 e. The third-order valence-corrected chi connectivity index (χ3v) is 6.80. The Labute approximate surface area is 107 Å². The fourth-order valence-electron chi connectivity index (χ4n) is 0.701. The van der Waals surface area contributed by atoms with Crippen molar-refractivity contribution in [2.75, 3.05) is 0 Å². The highest BCUT2D eigenvalue weighted by Gasteiger charge is 2.00. The highest BCUT2D eigenvalue weighted by atomic mass is 33.1. The lowest BCUT2D eigenvalue weighted by Gasteiger charge is -1.90. The van der Waals surface area contributed by atoms with Crippen LogP contribution in [0.4, 0.5) is 0 Å². The minimum absolute atomic E-state index is 0.815. The van der Waals surface area contributed by atoms with Gasteiger partial charge in [-0.1, -0.05) is 22.7 Å². The van der Waals surface area contributed by atoms with E-state index in [9.17, 15) is 0 Å². The van der Waals surface area contributed by atoms with Crippen LogP contribution in [0.5, 0.6) is 0 Å². The molecule has 2 aromatic rings. The van der Waals surface area contributed by atoms with Crippen LogP contribution in [0.1, 0.15) is 0 Å². The summed E-state index contributed by atoms with van der Waals surface area (Å²) < 4.78 is 3.99. The van der Waals surface area contributed by atoms with Crippen molar-refractivity contribution in [1.82, 2.24) is 9.97 Å². The van der Waals surface area contributed by atoms with E-state index in [0.717, 1.165) is 7.91 Å². The Bertz CT molecular complexity index is 468. The summed E-state index contributed by atoms with van der Waals surface area (Å²) in [6.45, 7) is 0. The van der Waals surface area contributed by atoms with E-state index in [-0.39, 0.29) is 0 Å². The average Bonchev–Trinajstić information content (AvgIpc) is 2.72. The molecular formula is C6H4N2S6. The second-order valence-corrected chi connectivity index (χ2v) is 8.33. The zero-order valence-electron chi connectivity index (χ0n) is 6.60. The average molecular weight is 297 g/mol. The molecule has 0 aliphatic heterocycles. The summed E-state index contributed by atoms with van der Waals surface area (Å²) in [5.41, 5.74) is 0. The molecule has 0 saturated heterocycles. The lowest BCUT2D eigenvalue weighted by atomic mass is 11.0. The maximum absolute atomic E-state index is 4.99. The van der Waals surface area contributed by atoms with Crippen LogP contribution in [-0.2, 0) is 0 Å². The molecule has 74 valence electrons. The highest BCUT2D eigenvalue weighted by molar-refractivity contribution is 8.77. The molecule has 2 aromatic heterocycles. The Kier molecular flexibility index (Phi) is 3.86. The number of hydrogen-bond acceptors (Lipinski definition) is 6. The molecule has 2 rings (SSSR count). The molecule has 0 amide bonds. The number of rotatable bonds is 3. The highest BCUT2D eigenvalue weighted by Crippen LogP contribution is 2.40. The number of aromatic nitrogens is 2. The molecule has 0 radical (unpaired) electrons. The van der Waals surface area contributed by atoms with Crippen LogP contribution in [0.25, 0.3) is 0 Å². The summed E-state index contributed by atoms with van der Waals surface area (Å²) in [6, 6.07) is 0. The van der Waals surface area contributed by atoms with E-state index < -0.39 is 0 Å². The first kappa shape index (κ1) is 10.9. The van der Waals surface area contributed by atoms with Crippen LogP contribution in [0.3, 0.4) is 0 Å². The maximum atomic E-state index is 4.99. The van der Waals surface area contributed by atoms with Gasteiger partial charge in [-0.25, -0.2) is 0 Å².